The summed E-state index contributed by atoms with van der Waals surface area (Å²) in [7, 11) is 0. The number of fused-ring (bicyclic) bond motifs is 2. The van der Waals surface area contributed by atoms with Crippen molar-refractivity contribution >= 4 is 34.3 Å². The van der Waals surface area contributed by atoms with Gasteiger partial charge in [-0.25, -0.2) is 14.2 Å². The predicted molar refractivity (Wildman–Crippen MR) is 142 cm³/mol. The number of nitrogens with one attached hydrogen (secondary N) is 1. The highest BCUT2D eigenvalue weighted by atomic mass is 19.1. The molecule has 0 saturated carbocycles. The molecule has 1 aliphatic rings. The number of halogens is 1. The van der Waals surface area contributed by atoms with Crippen molar-refractivity contribution in [1.82, 2.24) is 9.97 Å². The van der Waals surface area contributed by atoms with Crippen LogP contribution in [0.4, 0.5) is 21.8 Å². The summed E-state index contributed by atoms with van der Waals surface area (Å²) >= 11 is 0. The summed E-state index contributed by atoms with van der Waals surface area (Å²) in [6.45, 7) is 6.59. The molecule has 0 aliphatic carbocycles. The summed E-state index contributed by atoms with van der Waals surface area (Å²) in [4.78, 5) is 23.9. The van der Waals surface area contributed by atoms with Crippen molar-refractivity contribution in [3.63, 3.8) is 0 Å². The molecular formula is C29H29FN4O3. The van der Waals surface area contributed by atoms with Gasteiger partial charge in [0.05, 0.1) is 12.6 Å². The molecule has 1 aliphatic heterocycles. The molecule has 0 saturated heterocycles. The zero-order chi connectivity index (χ0) is 25.9. The first kappa shape index (κ1) is 24.5. The topological polar surface area (TPSA) is 76.6 Å². The Bertz CT molecular complexity index is 1460. The number of esters is 1. The quantitative estimate of drug-likeness (QED) is 0.317. The first-order valence-corrected chi connectivity index (χ1v) is 12.4. The number of aryl methyl sites for hydroxylation is 1. The molecule has 0 amide bonds. The average molecular weight is 501 g/mol. The number of benzene rings is 3. The molecule has 0 fully saturated rings. The van der Waals surface area contributed by atoms with Crippen LogP contribution in [0.15, 0.2) is 60.7 Å². The monoisotopic (exact) mass is 500 g/mol. The predicted octanol–water partition coefficient (Wildman–Crippen LogP) is 5.89. The number of aromatic nitrogens is 2. The Balaban J connectivity index is 1.60. The molecule has 2 heterocycles. The molecule has 0 bridgehead atoms. The van der Waals surface area contributed by atoms with Crippen LogP contribution in [0.25, 0.3) is 10.9 Å². The number of hydrogen-bond acceptors (Lipinski definition) is 7. The van der Waals surface area contributed by atoms with Crippen LogP contribution in [-0.2, 0) is 16.0 Å². The van der Waals surface area contributed by atoms with E-state index < -0.39 is 5.97 Å². The summed E-state index contributed by atoms with van der Waals surface area (Å²) in [5.74, 6) is 0.818. The number of carbonyl (C=O) groups is 1. The number of para-hydroxylation sites is 1. The van der Waals surface area contributed by atoms with E-state index in [0.717, 1.165) is 29.7 Å². The molecule has 1 atom stereocenters. The molecule has 4 aromatic rings. The van der Waals surface area contributed by atoms with E-state index in [1.165, 1.54) is 23.3 Å². The van der Waals surface area contributed by atoms with E-state index in [1.807, 2.05) is 19.1 Å². The molecule has 37 heavy (non-hydrogen) atoms. The molecule has 0 spiro atoms. The van der Waals surface area contributed by atoms with Gasteiger partial charge in [-0.1, -0.05) is 30.3 Å². The maximum Gasteiger partial charge on any atom is 0.344 e. The highest BCUT2D eigenvalue weighted by molar-refractivity contribution is 5.95. The van der Waals surface area contributed by atoms with Crippen molar-refractivity contribution in [1.29, 1.82) is 0 Å². The average Bonchev–Trinajstić information content (AvgIpc) is 2.89. The normalized spacial score (nSPS) is 14.8. The van der Waals surface area contributed by atoms with Gasteiger partial charge < -0.3 is 19.7 Å². The largest absolute Gasteiger partial charge is 0.480 e. The van der Waals surface area contributed by atoms with Gasteiger partial charge in [0.25, 0.3) is 0 Å². The molecule has 0 radical (unpaired) electrons. The second kappa shape index (κ2) is 10.4. The molecule has 190 valence electrons. The fourth-order valence-corrected chi connectivity index (χ4v) is 4.79. The van der Waals surface area contributed by atoms with Gasteiger partial charge in [0, 0.05) is 17.6 Å². The van der Waals surface area contributed by atoms with E-state index >= 15 is 0 Å². The third-order valence-electron chi connectivity index (χ3n) is 6.62. The van der Waals surface area contributed by atoms with Gasteiger partial charge >= 0.3 is 5.97 Å². The van der Waals surface area contributed by atoms with Crippen LogP contribution in [0.1, 0.15) is 36.6 Å². The van der Waals surface area contributed by atoms with E-state index in [1.54, 1.807) is 19.1 Å². The van der Waals surface area contributed by atoms with Crippen LogP contribution >= 0.6 is 0 Å². The Morgan fingerprint density at radius 3 is 2.78 bits per heavy atom. The van der Waals surface area contributed by atoms with Crippen LogP contribution in [0, 0.1) is 12.7 Å². The highest BCUT2D eigenvalue weighted by Gasteiger charge is 2.27. The smallest absolute Gasteiger partial charge is 0.344 e. The second-order valence-electron chi connectivity index (χ2n) is 9.02. The summed E-state index contributed by atoms with van der Waals surface area (Å²) in [6, 6.07) is 18.7. The van der Waals surface area contributed by atoms with E-state index in [2.05, 4.69) is 41.4 Å². The Kier molecular flexibility index (Phi) is 6.90. The van der Waals surface area contributed by atoms with Crippen molar-refractivity contribution in [3.05, 3.63) is 83.2 Å². The molecule has 8 heteroatoms. The lowest BCUT2D eigenvalue weighted by Crippen LogP contribution is -2.34. The van der Waals surface area contributed by atoms with Gasteiger partial charge in [-0.3, -0.25) is 0 Å². The van der Waals surface area contributed by atoms with Crippen LogP contribution < -0.4 is 15.0 Å². The van der Waals surface area contributed by atoms with Gasteiger partial charge in [-0.2, -0.15) is 4.98 Å². The third-order valence-corrected chi connectivity index (χ3v) is 6.62. The molecule has 7 nitrogen and oxygen atoms in total. The zero-order valence-corrected chi connectivity index (χ0v) is 21.1. The first-order valence-electron chi connectivity index (χ1n) is 12.4. The van der Waals surface area contributed by atoms with Crippen molar-refractivity contribution in [2.75, 3.05) is 30.0 Å². The van der Waals surface area contributed by atoms with Gasteiger partial charge in [0.1, 0.15) is 22.9 Å². The lowest BCUT2D eigenvalue weighted by Gasteiger charge is -2.37. The number of rotatable bonds is 7. The van der Waals surface area contributed by atoms with Crippen LogP contribution in [-0.4, -0.2) is 35.7 Å². The van der Waals surface area contributed by atoms with Crippen molar-refractivity contribution < 1.29 is 18.7 Å². The fraction of sp³-hybridized carbons (Fsp3) is 0.276. The van der Waals surface area contributed by atoms with Crippen molar-refractivity contribution in [3.8, 4) is 5.75 Å². The minimum atomic E-state index is -0.449. The summed E-state index contributed by atoms with van der Waals surface area (Å²) in [5, 5.41) is 4.07. The summed E-state index contributed by atoms with van der Waals surface area (Å²) in [5.41, 5.74) is 4.61. The first-order chi connectivity index (χ1) is 17.9. The lowest BCUT2D eigenvalue weighted by molar-refractivity contribution is -0.145. The maximum absolute atomic E-state index is 13.7. The van der Waals surface area contributed by atoms with Crippen molar-refractivity contribution in [2.24, 2.45) is 0 Å². The molecular weight excluding hydrogens is 471 g/mol. The highest BCUT2D eigenvalue weighted by Crippen LogP contribution is 2.38. The summed E-state index contributed by atoms with van der Waals surface area (Å²) < 4.78 is 24.6. The van der Waals surface area contributed by atoms with Crippen LogP contribution in [0.5, 0.6) is 5.75 Å². The van der Waals surface area contributed by atoms with Gasteiger partial charge in [0.15, 0.2) is 6.61 Å². The molecule has 1 N–H and O–H groups in total. The van der Waals surface area contributed by atoms with Gasteiger partial charge in [-0.05, 0) is 74.2 Å². The van der Waals surface area contributed by atoms with Crippen molar-refractivity contribution in [2.45, 2.75) is 33.2 Å². The van der Waals surface area contributed by atoms with E-state index in [0.29, 0.717) is 22.9 Å². The number of hydrogen-bond donors (Lipinski definition) is 1. The Hall–Kier alpha value is -4.20. The summed E-state index contributed by atoms with van der Waals surface area (Å²) in [6.07, 6.45) is 0.894. The number of anilines is 3. The van der Waals surface area contributed by atoms with E-state index in [-0.39, 0.29) is 25.1 Å². The zero-order valence-electron chi connectivity index (χ0n) is 21.1. The second-order valence-corrected chi connectivity index (χ2v) is 9.02. The fourth-order valence-electron chi connectivity index (χ4n) is 4.79. The Morgan fingerprint density at radius 2 is 1.97 bits per heavy atom. The lowest BCUT2D eigenvalue weighted by atomic mass is 9.93. The van der Waals surface area contributed by atoms with E-state index in [4.69, 9.17) is 19.4 Å². The molecule has 5 rings (SSSR count). The Labute approximate surface area is 215 Å². The number of ether oxygens (including phenoxy) is 2. The van der Waals surface area contributed by atoms with Crippen LogP contribution in [0.2, 0.25) is 0 Å². The SMILES string of the molecule is CCOC(=O)COc1cccc2c(N3CCc4ccccc4C3C)nc(Nc3ccc(F)cc3C)nc12. The van der Waals surface area contributed by atoms with Crippen LogP contribution in [0.3, 0.4) is 0 Å². The van der Waals surface area contributed by atoms with Gasteiger partial charge in [0.2, 0.25) is 5.95 Å². The maximum atomic E-state index is 13.7. The number of carbonyl (C=O) groups excluding carboxylic acids is 1. The number of nitrogens with zero attached hydrogens (tertiary/aromatic N) is 3. The van der Waals surface area contributed by atoms with E-state index in [9.17, 15) is 9.18 Å². The molecule has 3 aromatic carbocycles. The molecule has 1 aromatic heterocycles. The minimum Gasteiger partial charge on any atom is -0.480 e. The third kappa shape index (κ3) is 5.05. The minimum absolute atomic E-state index is 0.0903. The van der Waals surface area contributed by atoms with Gasteiger partial charge in [-0.15, -0.1) is 0 Å². The molecule has 1 unspecified atom stereocenters. The Morgan fingerprint density at radius 1 is 1.14 bits per heavy atom. The standard InChI is InChI=1S/C29H29FN4O3/c1-4-36-26(35)17-37-25-11-7-10-23-27(25)32-29(31-24-13-12-21(30)16-18(24)2)33-28(23)34-15-14-20-8-5-6-9-22(20)19(34)3/h5-13,16,19H,4,14-15,17H2,1-3H3,(H,31,32,33).